The lowest BCUT2D eigenvalue weighted by Crippen LogP contribution is -2.45. The molecule has 0 fully saturated rings. The van der Waals surface area contributed by atoms with Crippen molar-refractivity contribution >= 4 is 16.0 Å². The Morgan fingerprint density at radius 2 is 1.86 bits per heavy atom. The summed E-state index contributed by atoms with van der Waals surface area (Å²) in [6, 6.07) is 5.09. The fourth-order valence-corrected chi connectivity index (χ4v) is 2.31. The van der Waals surface area contributed by atoms with Crippen LogP contribution in [0, 0.1) is 0 Å². The van der Waals surface area contributed by atoms with Crippen LogP contribution in [0.4, 0.5) is 13.2 Å². The van der Waals surface area contributed by atoms with Crippen LogP contribution < -0.4 is 4.72 Å². The first-order chi connectivity index (χ1) is 10.1. The van der Waals surface area contributed by atoms with Gasteiger partial charge in [0.25, 0.3) is 0 Å². The quantitative estimate of drug-likeness (QED) is 0.756. The maximum Gasteiger partial charge on any atom is 0.511 e. The number of benzene rings is 1. The van der Waals surface area contributed by atoms with E-state index in [0.717, 1.165) is 0 Å². The van der Waals surface area contributed by atoms with Gasteiger partial charge in [-0.3, -0.25) is 0 Å². The van der Waals surface area contributed by atoms with E-state index < -0.39 is 33.6 Å². The number of nitrogens with one attached hydrogen (secondary N) is 1. The molecule has 2 N–H and O–H groups in total. The highest BCUT2D eigenvalue weighted by Crippen LogP contribution is 2.26. The van der Waals surface area contributed by atoms with Crippen LogP contribution in [0.5, 0.6) is 0 Å². The molecular formula is C12H14F3NO5S. The predicted molar refractivity (Wildman–Crippen MR) is 69.9 cm³/mol. The van der Waals surface area contributed by atoms with E-state index in [1.54, 1.807) is 0 Å². The van der Waals surface area contributed by atoms with Gasteiger partial charge in [-0.2, -0.15) is 17.9 Å². The molecule has 0 saturated heterocycles. The van der Waals surface area contributed by atoms with Crippen molar-refractivity contribution in [2.75, 3.05) is 6.61 Å². The van der Waals surface area contributed by atoms with E-state index in [4.69, 9.17) is 0 Å². The summed E-state index contributed by atoms with van der Waals surface area (Å²) < 4.78 is 65.7. The fourth-order valence-electron chi connectivity index (χ4n) is 1.57. The number of hydrogen-bond acceptors (Lipinski definition) is 5. The monoisotopic (exact) mass is 341 g/mol. The molecule has 1 rings (SSSR count). The SMILES string of the molecule is CCOC(=O)[C@H](O)[C@H](NS(=O)(=O)C(F)(F)F)c1ccccc1. The highest BCUT2D eigenvalue weighted by Gasteiger charge is 2.48. The third-order valence-electron chi connectivity index (χ3n) is 2.59. The van der Waals surface area contributed by atoms with Gasteiger partial charge in [-0.1, -0.05) is 30.3 Å². The first kappa shape index (κ1) is 18.4. The number of ether oxygens (including phenoxy) is 1. The summed E-state index contributed by atoms with van der Waals surface area (Å²) >= 11 is 0. The van der Waals surface area contributed by atoms with Crippen molar-refractivity contribution in [3.05, 3.63) is 35.9 Å². The molecule has 0 bridgehead atoms. The zero-order valence-electron chi connectivity index (χ0n) is 11.4. The largest absolute Gasteiger partial charge is 0.511 e. The fraction of sp³-hybridized carbons (Fsp3) is 0.417. The number of esters is 1. The summed E-state index contributed by atoms with van der Waals surface area (Å²) in [7, 11) is -5.76. The molecule has 0 spiro atoms. The van der Waals surface area contributed by atoms with Gasteiger partial charge in [0, 0.05) is 0 Å². The van der Waals surface area contributed by atoms with E-state index in [-0.39, 0.29) is 12.2 Å². The molecule has 0 aliphatic carbocycles. The molecule has 0 radical (unpaired) electrons. The highest BCUT2D eigenvalue weighted by atomic mass is 32.2. The molecule has 1 aromatic rings. The van der Waals surface area contributed by atoms with Gasteiger partial charge in [0.05, 0.1) is 12.6 Å². The van der Waals surface area contributed by atoms with E-state index in [2.05, 4.69) is 4.74 Å². The molecule has 0 saturated carbocycles. The summed E-state index contributed by atoms with van der Waals surface area (Å²) in [6.45, 7) is 1.31. The Kier molecular flexibility index (Phi) is 5.92. The average molecular weight is 341 g/mol. The second-order valence-corrected chi connectivity index (χ2v) is 5.86. The van der Waals surface area contributed by atoms with Crippen LogP contribution in [0.25, 0.3) is 0 Å². The van der Waals surface area contributed by atoms with Gasteiger partial charge >= 0.3 is 21.5 Å². The lowest BCUT2D eigenvalue weighted by atomic mass is 10.0. The van der Waals surface area contributed by atoms with Crippen molar-refractivity contribution < 1.29 is 36.2 Å². The maximum absolute atomic E-state index is 12.5. The lowest BCUT2D eigenvalue weighted by molar-refractivity contribution is -0.154. The van der Waals surface area contributed by atoms with Crippen LogP contribution in [0.3, 0.4) is 0 Å². The van der Waals surface area contributed by atoms with Gasteiger partial charge in [0.1, 0.15) is 0 Å². The van der Waals surface area contributed by atoms with Crippen LogP contribution in [-0.2, 0) is 19.6 Å². The normalized spacial score (nSPS) is 15.1. The Balaban J connectivity index is 3.16. The van der Waals surface area contributed by atoms with Crippen LogP contribution in [0.2, 0.25) is 0 Å². The van der Waals surface area contributed by atoms with E-state index >= 15 is 0 Å². The van der Waals surface area contributed by atoms with Crippen molar-refractivity contribution in [1.29, 1.82) is 0 Å². The molecule has 0 heterocycles. The number of hydrogen-bond donors (Lipinski definition) is 2. The summed E-state index contributed by atoms with van der Waals surface area (Å²) in [6.07, 6.45) is -2.13. The molecule has 0 amide bonds. The number of halogens is 3. The van der Waals surface area contributed by atoms with E-state index in [1.165, 1.54) is 42.0 Å². The Bertz CT molecular complexity index is 603. The van der Waals surface area contributed by atoms with Crippen molar-refractivity contribution in [2.45, 2.75) is 24.6 Å². The Hall–Kier alpha value is -1.65. The zero-order chi connectivity index (χ0) is 17.0. The van der Waals surface area contributed by atoms with E-state index in [9.17, 15) is 31.5 Å². The molecule has 0 aliphatic rings. The maximum atomic E-state index is 12.5. The molecule has 22 heavy (non-hydrogen) atoms. The van der Waals surface area contributed by atoms with Crippen molar-refractivity contribution in [1.82, 2.24) is 4.72 Å². The first-order valence-corrected chi connectivity index (χ1v) is 7.56. The standard InChI is InChI=1S/C12H14F3NO5S/c1-2-21-11(18)10(17)9(8-6-4-3-5-7-8)16-22(19,20)12(13,14)15/h3-7,9-10,16-17H,2H2,1H3/t9-,10-/m1/s1. The molecule has 1 aromatic carbocycles. The molecule has 2 atom stereocenters. The minimum absolute atomic E-state index is 0.0177. The van der Waals surface area contributed by atoms with Gasteiger partial charge in [-0.25, -0.2) is 13.2 Å². The predicted octanol–water partition coefficient (Wildman–Crippen LogP) is 1.09. The number of aliphatic hydroxyl groups is 1. The van der Waals surface area contributed by atoms with Crippen LogP contribution in [-0.4, -0.2) is 37.7 Å². The van der Waals surface area contributed by atoms with Crippen molar-refractivity contribution in [2.24, 2.45) is 0 Å². The summed E-state index contributed by atoms with van der Waals surface area (Å²) in [5.74, 6) is -1.23. The number of sulfonamides is 1. The average Bonchev–Trinajstić information content (AvgIpc) is 2.44. The summed E-state index contributed by atoms with van der Waals surface area (Å²) in [5.41, 5.74) is -5.59. The number of aliphatic hydroxyl groups excluding tert-OH is 1. The minimum atomic E-state index is -5.76. The smallest absolute Gasteiger partial charge is 0.464 e. The molecular weight excluding hydrogens is 327 g/mol. The van der Waals surface area contributed by atoms with Gasteiger partial charge in [0.15, 0.2) is 6.10 Å². The second-order valence-electron chi connectivity index (χ2n) is 4.15. The number of alkyl halides is 3. The van der Waals surface area contributed by atoms with Gasteiger partial charge < -0.3 is 9.84 Å². The zero-order valence-corrected chi connectivity index (χ0v) is 12.2. The molecule has 0 unspecified atom stereocenters. The van der Waals surface area contributed by atoms with Gasteiger partial charge in [-0.05, 0) is 12.5 Å². The molecule has 124 valence electrons. The van der Waals surface area contributed by atoms with E-state index in [0.29, 0.717) is 0 Å². The number of carbonyl (C=O) groups excluding carboxylic acids is 1. The third-order valence-corrected chi connectivity index (χ3v) is 3.76. The van der Waals surface area contributed by atoms with Crippen LogP contribution in [0.1, 0.15) is 18.5 Å². The van der Waals surface area contributed by atoms with Crippen molar-refractivity contribution in [3.8, 4) is 0 Å². The molecule has 0 aromatic heterocycles. The van der Waals surface area contributed by atoms with Crippen LogP contribution >= 0.6 is 0 Å². The van der Waals surface area contributed by atoms with Crippen molar-refractivity contribution in [3.63, 3.8) is 0 Å². The molecule has 0 aliphatic heterocycles. The summed E-state index contributed by atoms with van der Waals surface area (Å²) in [4.78, 5) is 11.5. The Morgan fingerprint density at radius 1 is 1.32 bits per heavy atom. The second kappa shape index (κ2) is 7.07. The number of rotatable bonds is 6. The van der Waals surface area contributed by atoms with Gasteiger partial charge in [-0.15, -0.1) is 0 Å². The van der Waals surface area contributed by atoms with Gasteiger partial charge in [0.2, 0.25) is 0 Å². The Labute approximate surface area is 124 Å². The van der Waals surface area contributed by atoms with Crippen LogP contribution in [0.15, 0.2) is 30.3 Å². The topological polar surface area (TPSA) is 92.7 Å². The lowest BCUT2D eigenvalue weighted by Gasteiger charge is -2.23. The highest BCUT2D eigenvalue weighted by molar-refractivity contribution is 7.90. The molecule has 6 nitrogen and oxygen atoms in total. The molecule has 10 heteroatoms. The Morgan fingerprint density at radius 3 is 2.32 bits per heavy atom. The summed E-state index contributed by atoms with van der Waals surface area (Å²) in [5, 5.41) is 9.82. The number of carbonyl (C=O) groups is 1. The first-order valence-electron chi connectivity index (χ1n) is 6.08. The third kappa shape index (κ3) is 4.42. The minimum Gasteiger partial charge on any atom is -0.464 e. The van der Waals surface area contributed by atoms with E-state index in [1.807, 2.05) is 0 Å².